The van der Waals surface area contributed by atoms with E-state index in [2.05, 4.69) is 5.10 Å². The molecule has 2 atom stereocenters. The molecule has 1 aromatic carbocycles. The summed E-state index contributed by atoms with van der Waals surface area (Å²) in [6.07, 6.45) is 1.38. The third kappa shape index (κ3) is 3.19. The van der Waals surface area contributed by atoms with Crippen LogP contribution in [0.4, 0.5) is 0 Å². The van der Waals surface area contributed by atoms with Crippen LogP contribution in [0.2, 0.25) is 0 Å². The number of carbonyl (C=O) groups excluding carboxylic acids is 1. The minimum absolute atomic E-state index is 0.0284. The van der Waals surface area contributed by atoms with Gasteiger partial charge in [-0.1, -0.05) is 30.3 Å². The number of morpholine rings is 1. The van der Waals surface area contributed by atoms with Gasteiger partial charge in [-0.25, -0.2) is 9.48 Å². The second-order valence-electron chi connectivity index (χ2n) is 5.80. The van der Waals surface area contributed by atoms with Crippen molar-refractivity contribution in [2.24, 2.45) is 7.05 Å². The molecule has 122 valence electrons. The van der Waals surface area contributed by atoms with Crippen molar-refractivity contribution < 1.29 is 9.53 Å². The molecule has 0 unspecified atom stereocenters. The summed E-state index contributed by atoms with van der Waals surface area (Å²) in [6, 6.07) is 9.65. The average Bonchev–Trinajstić information content (AvgIpc) is 2.87. The van der Waals surface area contributed by atoms with Crippen LogP contribution in [0.25, 0.3) is 0 Å². The summed E-state index contributed by atoms with van der Waals surface area (Å²) >= 11 is 0. The number of aryl methyl sites for hydroxylation is 1. The fourth-order valence-electron chi connectivity index (χ4n) is 2.78. The molecule has 1 aliphatic heterocycles. The predicted molar refractivity (Wildman–Crippen MR) is 83.8 cm³/mol. The Hall–Kier alpha value is -2.41. The summed E-state index contributed by atoms with van der Waals surface area (Å²) in [6.45, 7) is 2.83. The predicted octanol–water partition coefficient (Wildman–Crippen LogP) is 0.570. The Morgan fingerprint density at radius 1 is 1.35 bits per heavy atom. The van der Waals surface area contributed by atoms with Gasteiger partial charge in [0, 0.05) is 13.6 Å². The molecule has 0 N–H and O–H groups in total. The van der Waals surface area contributed by atoms with Gasteiger partial charge in [0.25, 0.3) is 0 Å². The molecule has 23 heavy (non-hydrogen) atoms. The van der Waals surface area contributed by atoms with E-state index in [0.29, 0.717) is 13.2 Å². The first-order valence-electron chi connectivity index (χ1n) is 7.60. The van der Waals surface area contributed by atoms with E-state index in [-0.39, 0.29) is 30.3 Å². The monoisotopic (exact) mass is 316 g/mol. The Balaban J connectivity index is 1.83. The van der Waals surface area contributed by atoms with Crippen LogP contribution in [0.1, 0.15) is 18.5 Å². The Bertz CT molecular complexity index is 737. The lowest BCUT2D eigenvalue weighted by molar-refractivity contribution is -0.145. The lowest BCUT2D eigenvalue weighted by Gasteiger charge is -2.39. The average molecular weight is 316 g/mol. The maximum atomic E-state index is 12.7. The molecule has 1 aromatic heterocycles. The molecule has 3 rings (SSSR count). The molecule has 7 heteroatoms. The molecule has 0 radical (unpaired) electrons. The van der Waals surface area contributed by atoms with Crippen molar-refractivity contribution >= 4 is 5.91 Å². The highest BCUT2D eigenvalue weighted by Crippen LogP contribution is 2.26. The zero-order valence-corrected chi connectivity index (χ0v) is 13.3. The number of carbonyl (C=O) groups is 1. The quantitative estimate of drug-likeness (QED) is 0.830. The second-order valence-corrected chi connectivity index (χ2v) is 5.80. The number of hydrogen-bond acceptors (Lipinski definition) is 4. The Morgan fingerprint density at radius 2 is 2.09 bits per heavy atom. The van der Waals surface area contributed by atoms with E-state index in [1.165, 1.54) is 15.6 Å². The van der Waals surface area contributed by atoms with Gasteiger partial charge in [0.05, 0.1) is 18.8 Å². The van der Waals surface area contributed by atoms with Gasteiger partial charge in [-0.05, 0) is 12.5 Å². The van der Waals surface area contributed by atoms with Crippen LogP contribution in [0.3, 0.4) is 0 Å². The third-order valence-electron chi connectivity index (χ3n) is 4.05. The Labute approximate surface area is 134 Å². The second kappa shape index (κ2) is 6.37. The number of aromatic nitrogens is 3. The van der Waals surface area contributed by atoms with Gasteiger partial charge in [0.15, 0.2) is 0 Å². The van der Waals surface area contributed by atoms with E-state index in [1.54, 1.807) is 11.9 Å². The molecular weight excluding hydrogens is 296 g/mol. The van der Waals surface area contributed by atoms with Crippen molar-refractivity contribution in [3.05, 3.63) is 52.7 Å². The molecule has 2 heterocycles. The number of amides is 1. The van der Waals surface area contributed by atoms with Gasteiger partial charge in [0.1, 0.15) is 12.9 Å². The Morgan fingerprint density at radius 3 is 2.74 bits per heavy atom. The SMILES string of the molecule is C[C@H]1CN(C(=O)Cn2ncn(C)c2=O)[C@@H](c2ccccc2)CO1. The van der Waals surface area contributed by atoms with Gasteiger partial charge in [-0.2, -0.15) is 5.10 Å². The summed E-state index contributed by atoms with van der Waals surface area (Å²) in [5.41, 5.74) is 0.733. The van der Waals surface area contributed by atoms with Gasteiger partial charge < -0.3 is 9.64 Å². The topological polar surface area (TPSA) is 69.4 Å². The summed E-state index contributed by atoms with van der Waals surface area (Å²) in [7, 11) is 1.61. The van der Waals surface area contributed by atoms with Crippen LogP contribution in [0.15, 0.2) is 41.5 Å². The largest absolute Gasteiger partial charge is 0.374 e. The van der Waals surface area contributed by atoms with Gasteiger partial charge >= 0.3 is 5.69 Å². The normalized spacial score (nSPS) is 21.4. The van der Waals surface area contributed by atoms with Crippen LogP contribution in [0.5, 0.6) is 0 Å². The molecule has 1 aliphatic rings. The lowest BCUT2D eigenvalue weighted by atomic mass is 10.0. The molecule has 1 fully saturated rings. The van der Waals surface area contributed by atoms with Crippen molar-refractivity contribution in [2.45, 2.75) is 25.6 Å². The zero-order valence-electron chi connectivity index (χ0n) is 13.3. The Kier molecular flexibility index (Phi) is 4.29. The minimum Gasteiger partial charge on any atom is -0.374 e. The molecule has 1 saturated heterocycles. The van der Waals surface area contributed by atoms with Crippen LogP contribution >= 0.6 is 0 Å². The van der Waals surface area contributed by atoms with Gasteiger partial charge in [-0.3, -0.25) is 9.36 Å². The molecule has 0 spiro atoms. The van der Waals surface area contributed by atoms with E-state index in [4.69, 9.17) is 4.74 Å². The molecule has 7 nitrogen and oxygen atoms in total. The molecule has 0 aliphatic carbocycles. The van der Waals surface area contributed by atoms with E-state index >= 15 is 0 Å². The fourth-order valence-corrected chi connectivity index (χ4v) is 2.78. The number of nitrogens with zero attached hydrogens (tertiary/aromatic N) is 4. The number of ether oxygens (including phenoxy) is 1. The van der Waals surface area contributed by atoms with Crippen LogP contribution in [-0.4, -0.2) is 44.4 Å². The number of hydrogen-bond donors (Lipinski definition) is 0. The zero-order chi connectivity index (χ0) is 16.4. The first-order valence-corrected chi connectivity index (χ1v) is 7.60. The fraction of sp³-hybridized carbons (Fsp3) is 0.438. The summed E-state index contributed by atoms with van der Waals surface area (Å²) < 4.78 is 8.26. The molecular formula is C16H20N4O3. The van der Waals surface area contributed by atoms with Crippen molar-refractivity contribution in [3.63, 3.8) is 0 Å². The first-order chi connectivity index (χ1) is 11.1. The third-order valence-corrected chi connectivity index (χ3v) is 4.05. The van der Waals surface area contributed by atoms with E-state index < -0.39 is 0 Å². The summed E-state index contributed by atoms with van der Waals surface area (Å²) in [5, 5.41) is 3.96. The highest BCUT2D eigenvalue weighted by molar-refractivity contribution is 5.76. The number of benzene rings is 1. The van der Waals surface area contributed by atoms with Crippen molar-refractivity contribution in [1.82, 2.24) is 19.2 Å². The van der Waals surface area contributed by atoms with Crippen LogP contribution in [0, 0.1) is 0 Å². The van der Waals surface area contributed by atoms with Gasteiger partial charge in [-0.15, -0.1) is 0 Å². The van der Waals surface area contributed by atoms with Crippen molar-refractivity contribution in [2.75, 3.05) is 13.2 Å². The first kappa shape index (κ1) is 15.5. The summed E-state index contributed by atoms with van der Waals surface area (Å²) in [5.74, 6) is -0.130. The number of rotatable bonds is 3. The lowest BCUT2D eigenvalue weighted by Crippen LogP contribution is -2.48. The molecule has 0 saturated carbocycles. The minimum atomic E-state index is -0.295. The maximum absolute atomic E-state index is 12.7. The highest BCUT2D eigenvalue weighted by Gasteiger charge is 2.31. The van der Waals surface area contributed by atoms with E-state index in [0.717, 1.165) is 5.56 Å². The van der Waals surface area contributed by atoms with Crippen LogP contribution in [-0.2, 0) is 23.1 Å². The van der Waals surface area contributed by atoms with Crippen molar-refractivity contribution in [1.29, 1.82) is 0 Å². The summed E-state index contributed by atoms with van der Waals surface area (Å²) in [4.78, 5) is 26.4. The standard InChI is InChI=1S/C16H20N4O3/c1-12-8-19(14(10-23-12)13-6-4-3-5-7-13)15(21)9-20-16(22)18(2)11-17-20/h3-7,11-12,14H,8-10H2,1-2H3/t12-,14+/m0/s1. The highest BCUT2D eigenvalue weighted by atomic mass is 16.5. The molecule has 1 amide bonds. The molecule has 0 bridgehead atoms. The maximum Gasteiger partial charge on any atom is 0.345 e. The van der Waals surface area contributed by atoms with E-state index in [9.17, 15) is 9.59 Å². The van der Waals surface area contributed by atoms with Gasteiger partial charge in [0.2, 0.25) is 5.91 Å². The van der Waals surface area contributed by atoms with Crippen molar-refractivity contribution in [3.8, 4) is 0 Å². The smallest absolute Gasteiger partial charge is 0.345 e. The van der Waals surface area contributed by atoms with E-state index in [1.807, 2.05) is 37.3 Å². The van der Waals surface area contributed by atoms with Crippen LogP contribution < -0.4 is 5.69 Å². The molecule has 2 aromatic rings.